The molecule has 0 saturated heterocycles. The predicted molar refractivity (Wildman–Crippen MR) is 153 cm³/mol. The highest BCUT2D eigenvalue weighted by molar-refractivity contribution is 7.99. The van der Waals surface area contributed by atoms with Crippen LogP contribution in [0.3, 0.4) is 0 Å². The maximum Gasteiger partial charge on any atom is 0.146 e. The van der Waals surface area contributed by atoms with Gasteiger partial charge in [0, 0.05) is 52.2 Å². The van der Waals surface area contributed by atoms with Crippen LogP contribution in [0.2, 0.25) is 0 Å². The molecule has 0 fully saturated rings. The number of aryl methyl sites for hydroxylation is 1. The molecule has 178 valence electrons. The van der Waals surface area contributed by atoms with Gasteiger partial charge in [-0.05, 0) is 84.2 Å². The van der Waals surface area contributed by atoms with Gasteiger partial charge < -0.3 is 15.2 Å². The first-order valence-corrected chi connectivity index (χ1v) is 13.0. The smallest absolute Gasteiger partial charge is 0.146 e. The van der Waals surface area contributed by atoms with Gasteiger partial charge >= 0.3 is 0 Å². The Morgan fingerprint density at radius 1 is 1.00 bits per heavy atom. The molecular weight excluding hydrogens is 460 g/mol. The van der Waals surface area contributed by atoms with Crippen LogP contribution >= 0.6 is 11.8 Å². The number of rotatable bonds is 3. The topological polar surface area (TPSA) is 44.0 Å². The standard InChI is InChI=1S/C31H28N4S/c1-5-21-6-8-25-23(14-21)15-27(34-25)24-17-30-31(33-18-24)35(4)28-9-7-22(16-29(28)36-30)26-13-20(3)12-19(2)10-11-32-26/h6-18,32,34H,3,5H2,1-2,4H3/b11-10-,19-12-,26-13?. The fourth-order valence-electron chi connectivity index (χ4n) is 4.78. The Morgan fingerprint density at radius 2 is 1.86 bits per heavy atom. The normalized spacial score (nSPS) is 17.3. The minimum absolute atomic E-state index is 0.977. The third kappa shape index (κ3) is 4.06. The van der Waals surface area contributed by atoms with E-state index in [1.807, 2.05) is 12.4 Å². The summed E-state index contributed by atoms with van der Waals surface area (Å²) in [7, 11) is 2.09. The van der Waals surface area contributed by atoms with Gasteiger partial charge in [0.05, 0.1) is 10.6 Å². The van der Waals surface area contributed by atoms with Crippen molar-refractivity contribution in [3.8, 4) is 11.3 Å². The summed E-state index contributed by atoms with van der Waals surface area (Å²) in [6.07, 6.45) is 11.2. The third-order valence-electron chi connectivity index (χ3n) is 6.73. The first kappa shape index (κ1) is 22.5. The predicted octanol–water partition coefficient (Wildman–Crippen LogP) is 7.99. The second kappa shape index (κ2) is 8.92. The van der Waals surface area contributed by atoms with Gasteiger partial charge in [-0.25, -0.2) is 4.98 Å². The van der Waals surface area contributed by atoms with Gasteiger partial charge in [-0.3, -0.25) is 0 Å². The van der Waals surface area contributed by atoms with Crippen molar-refractivity contribution in [2.24, 2.45) is 0 Å². The molecule has 0 atom stereocenters. The number of nitrogens with one attached hydrogen (secondary N) is 2. The van der Waals surface area contributed by atoms with E-state index in [0.29, 0.717) is 0 Å². The average molecular weight is 489 g/mol. The summed E-state index contributed by atoms with van der Waals surface area (Å²) in [6, 6.07) is 17.7. The van der Waals surface area contributed by atoms with Gasteiger partial charge in [0.25, 0.3) is 0 Å². The lowest BCUT2D eigenvalue weighted by atomic mass is 10.1. The molecule has 36 heavy (non-hydrogen) atoms. The van der Waals surface area contributed by atoms with E-state index in [4.69, 9.17) is 4.98 Å². The lowest BCUT2D eigenvalue weighted by Crippen LogP contribution is -2.16. The summed E-state index contributed by atoms with van der Waals surface area (Å²) < 4.78 is 0. The van der Waals surface area contributed by atoms with E-state index in [9.17, 15) is 0 Å². The number of allylic oxidation sites excluding steroid dienone is 5. The SMILES string of the molecule is C=C1C=C(c2ccc3c(c2)Sc2cc(-c4cc5cc(CC)ccc5[nH]4)cnc2N3C)N/C=C\C(C)=C/1. The van der Waals surface area contributed by atoms with Crippen LogP contribution in [0.4, 0.5) is 11.5 Å². The molecular formula is C31H28N4S. The maximum atomic E-state index is 4.87. The molecule has 0 spiro atoms. The highest BCUT2D eigenvalue weighted by Gasteiger charge is 2.23. The number of H-pyrrole nitrogens is 1. The minimum atomic E-state index is 0.977. The summed E-state index contributed by atoms with van der Waals surface area (Å²) in [5.41, 5.74) is 10.2. The quantitative estimate of drug-likeness (QED) is 0.307. The molecule has 2 N–H and O–H groups in total. The van der Waals surface area contributed by atoms with Gasteiger partial charge in [0.1, 0.15) is 5.82 Å². The molecule has 0 aliphatic carbocycles. The largest absolute Gasteiger partial charge is 0.361 e. The number of pyridine rings is 1. The van der Waals surface area contributed by atoms with Gasteiger partial charge in [0.2, 0.25) is 0 Å². The zero-order valence-corrected chi connectivity index (χ0v) is 21.5. The molecule has 4 nitrogen and oxygen atoms in total. The van der Waals surface area contributed by atoms with E-state index in [2.05, 4.69) is 109 Å². The van der Waals surface area contributed by atoms with Crippen LogP contribution in [0, 0.1) is 0 Å². The summed E-state index contributed by atoms with van der Waals surface area (Å²) in [4.78, 5) is 13.0. The number of aromatic nitrogens is 2. The van der Waals surface area contributed by atoms with E-state index < -0.39 is 0 Å². The van der Waals surface area contributed by atoms with E-state index in [1.165, 1.54) is 21.4 Å². The number of benzene rings is 2. The fraction of sp³-hybridized carbons (Fsp3) is 0.129. The van der Waals surface area contributed by atoms with Crippen molar-refractivity contribution < 1.29 is 0 Å². The van der Waals surface area contributed by atoms with Crippen molar-refractivity contribution in [3.05, 3.63) is 108 Å². The molecule has 2 aliphatic rings. The number of nitrogens with zero attached hydrogens (tertiary/aromatic N) is 2. The molecule has 0 radical (unpaired) electrons. The lowest BCUT2D eigenvalue weighted by molar-refractivity contribution is 1.04. The Balaban J connectivity index is 1.35. The van der Waals surface area contributed by atoms with E-state index in [-0.39, 0.29) is 0 Å². The molecule has 6 rings (SSSR count). The molecule has 2 aromatic carbocycles. The van der Waals surface area contributed by atoms with Crippen LogP contribution < -0.4 is 10.2 Å². The second-order valence-electron chi connectivity index (χ2n) is 9.35. The van der Waals surface area contributed by atoms with Crippen molar-refractivity contribution in [1.29, 1.82) is 0 Å². The molecule has 4 aromatic rings. The molecule has 0 unspecified atom stereocenters. The van der Waals surface area contributed by atoms with Gasteiger partial charge in [0.15, 0.2) is 0 Å². The number of hydrogen-bond donors (Lipinski definition) is 2. The first-order chi connectivity index (χ1) is 17.5. The van der Waals surface area contributed by atoms with Crippen LogP contribution in [-0.2, 0) is 6.42 Å². The molecule has 0 amide bonds. The Morgan fingerprint density at radius 3 is 2.72 bits per heavy atom. The second-order valence-corrected chi connectivity index (χ2v) is 10.4. The molecule has 4 heterocycles. The average Bonchev–Trinajstić information content (AvgIpc) is 3.30. The van der Waals surface area contributed by atoms with Crippen molar-refractivity contribution >= 4 is 39.9 Å². The summed E-state index contributed by atoms with van der Waals surface area (Å²) in [6.45, 7) is 8.45. The third-order valence-corrected chi connectivity index (χ3v) is 7.80. The number of fused-ring (bicyclic) bond motifs is 3. The van der Waals surface area contributed by atoms with E-state index in [0.717, 1.165) is 56.4 Å². The van der Waals surface area contributed by atoms with Crippen LogP contribution in [0.25, 0.3) is 27.9 Å². The molecule has 0 bridgehead atoms. The van der Waals surface area contributed by atoms with Crippen molar-refractivity contribution in [3.63, 3.8) is 0 Å². The summed E-state index contributed by atoms with van der Waals surface area (Å²) in [5, 5.41) is 4.67. The van der Waals surface area contributed by atoms with Crippen molar-refractivity contribution in [1.82, 2.24) is 15.3 Å². The monoisotopic (exact) mass is 488 g/mol. The minimum Gasteiger partial charge on any atom is -0.361 e. The lowest BCUT2D eigenvalue weighted by Gasteiger charge is -2.29. The highest BCUT2D eigenvalue weighted by Crippen LogP contribution is 2.48. The van der Waals surface area contributed by atoms with Crippen LogP contribution in [0.15, 0.2) is 107 Å². The first-order valence-electron chi connectivity index (χ1n) is 12.2. The van der Waals surface area contributed by atoms with Crippen molar-refractivity contribution in [2.45, 2.75) is 30.1 Å². The van der Waals surface area contributed by atoms with Crippen LogP contribution in [-0.4, -0.2) is 17.0 Å². The highest BCUT2D eigenvalue weighted by atomic mass is 32.2. The zero-order chi connectivity index (χ0) is 24.8. The van der Waals surface area contributed by atoms with Crippen LogP contribution in [0.5, 0.6) is 0 Å². The van der Waals surface area contributed by atoms with Gasteiger partial charge in [-0.2, -0.15) is 0 Å². The Bertz CT molecular complexity index is 1620. The molecule has 0 saturated carbocycles. The van der Waals surface area contributed by atoms with E-state index in [1.54, 1.807) is 11.8 Å². The Hall–Kier alpha value is -3.96. The summed E-state index contributed by atoms with van der Waals surface area (Å²) in [5.74, 6) is 0.980. The Kier molecular flexibility index (Phi) is 5.57. The number of anilines is 2. The maximum absolute atomic E-state index is 4.87. The van der Waals surface area contributed by atoms with E-state index >= 15 is 0 Å². The number of hydrogen-bond acceptors (Lipinski definition) is 4. The van der Waals surface area contributed by atoms with Crippen molar-refractivity contribution in [2.75, 3.05) is 11.9 Å². The Labute approximate surface area is 216 Å². The van der Waals surface area contributed by atoms with Gasteiger partial charge in [-0.15, -0.1) is 0 Å². The number of aromatic amines is 1. The van der Waals surface area contributed by atoms with Gasteiger partial charge in [-0.1, -0.05) is 43.5 Å². The molecule has 2 aliphatic heterocycles. The zero-order valence-electron chi connectivity index (χ0n) is 20.7. The van der Waals surface area contributed by atoms with Crippen LogP contribution in [0.1, 0.15) is 25.0 Å². The molecule has 5 heteroatoms. The molecule has 2 aromatic heterocycles. The summed E-state index contributed by atoms with van der Waals surface area (Å²) >= 11 is 1.77. The fourth-order valence-corrected chi connectivity index (χ4v) is 5.98.